The quantitative estimate of drug-likeness (QED) is 0.112. The van der Waals surface area contributed by atoms with Gasteiger partial charge in [-0.05, 0) is 90.8 Å². The average Bonchev–Trinajstić information content (AvgIpc) is 1.41. The first kappa shape index (κ1) is 66.0. The molecule has 8 nitrogen and oxygen atoms in total. The highest BCUT2D eigenvalue weighted by atomic mass is 79.9. The van der Waals surface area contributed by atoms with Crippen LogP contribution in [0.5, 0.6) is 0 Å². The van der Waals surface area contributed by atoms with Gasteiger partial charge < -0.3 is 9.31 Å². The molecule has 1 fully saturated rings. The van der Waals surface area contributed by atoms with Gasteiger partial charge in [-0.2, -0.15) is 0 Å². The van der Waals surface area contributed by atoms with Crippen LogP contribution in [0, 0.1) is 0 Å². The molecular weight excluding hydrogens is 1310 g/mol. The van der Waals surface area contributed by atoms with E-state index in [2.05, 4.69) is 308 Å². The molecule has 490 valence electrons. The Hall–Kier alpha value is -11.9. The van der Waals surface area contributed by atoms with Crippen LogP contribution >= 0.6 is 15.9 Å². The predicted molar refractivity (Wildman–Crippen MR) is 424 cm³/mol. The highest BCUT2D eigenvalue weighted by Gasteiger charge is 2.51. The van der Waals surface area contributed by atoms with Crippen LogP contribution < -0.4 is 5.46 Å². The van der Waals surface area contributed by atoms with Crippen molar-refractivity contribution in [3.8, 4) is 123 Å². The van der Waals surface area contributed by atoms with E-state index in [9.17, 15) is 0 Å². The maximum absolute atomic E-state index is 6.29. The van der Waals surface area contributed by atoms with Crippen molar-refractivity contribution in [1.29, 1.82) is 0 Å². The molecule has 102 heavy (non-hydrogen) atoms. The lowest BCUT2D eigenvalue weighted by Gasteiger charge is -2.32. The molecule has 0 N–H and O–H groups in total. The Kier molecular flexibility index (Phi) is 19.1. The minimum Gasteiger partial charge on any atom is -0.399 e. The van der Waals surface area contributed by atoms with Gasteiger partial charge in [0.05, 0.1) is 45.0 Å². The monoisotopic (exact) mass is 1380 g/mol. The van der Waals surface area contributed by atoms with E-state index >= 15 is 0 Å². The summed E-state index contributed by atoms with van der Waals surface area (Å²) >= 11 is 3.45. The highest BCUT2D eigenvalue weighted by Crippen LogP contribution is 2.43. The van der Waals surface area contributed by atoms with Crippen LogP contribution in [0.3, 0.4) is 0 Å². The molecular formula is C92H70BBrN6O2. The van der Waals surface area contributed by atoms with E-state index < -0.39 is 18.3 Å². The minimum absolute atomic E-state index is 0.390. The number of pyridine rings is 2. The molecule has 17 rings (SSSR count). The average molecular weight is 1380 g/mol. The number of hydrogen-bond acceptors (Lipinski definition) is 8. The van der Waals surface area contributed by atoms with E-state index in [-0.39, 0.29) is 0 Å². The summed E-state index contributed by atoms with van der Waals surface area (Å²) in [7, 11) is -0.414. The zero-order valence-electron chi connectivity index (χ0n) is 56.9. The Balaban J connectivity index is 0.000000135. The van der Waals surface area contributed by atoms with Gasteiger partial charge in [0.25, 0.3) is 0 Å². The molecule has 1 saturated heterocycles. The predicted octanol–water partition coefficient (Wildman–Crippen LogP) is 23.1. The Morgan fingerprint density at radius 3 is 0.912 bits per heavy atom. The molecule has 1 aliphatic rings. The zero-order valence-corrected chi connectivity index (χ0v) is 58.5. The number of para-hydroxylation sites is 2. The number of aromatic nitrogens is 6. The molecule has 12 aromatic carbocycles. The van der Waals surface area contributed by atoms with Crippen LogP contribution in [-0.2, 0) is 9.31 Å². The number of halogens is 1. The van der Waals surface area contributed by atoms with Gasteiger partial charge in [-0.15, -0.1) is 0 Å². The molecule has 1 aliphatic heterocycles. The molecule has 4 aromatic heterocycles. The fraction of sp³-hybridized carbons (Fsp3) is 0.0652. The summed E-state index contributed by atoms with van der Waals surface area (Å²) in [5, 5.41) is 2.32. The van der Waals surface area contributed by atoms with Gasteiger partial charge in [0, 0.05) is 83.3 Å². The van der Waals surface area contributed by atoms with E-state index in [0.717, 1.165) is 127 Å². The van der Waals surface area contributed by atoms with Gasteiger partial charge in [0.2, 0.25) is 0 Å². The van der Waals surface area contributed by atoms with Crippen molar-refractivity contribution in [2.45, 2.75) is 38.9 Å². The van der Waals surface area contributed by atoms with Crippen LogP contribution in [0.2, 0.25) is 0 Å². The summed E-state index contributed by atoms with van der Waals surface area (Å²) < 4.78 is 13.7. The fourth-order valence-electron chi connectivity index (χ4n) is 12.9. The van der Waals surface area contributed by atoms with E-state index in [4.69, 9.17) is 29.2 Å². The van der Waals surface area contributed by atoms with E-state index in [1.54, 1.807) is 0 Å². The molecule has 0 amide bonds. The van der Waals surface area contributed by atoms with Crippen molar-refractivity contribution in [3.05, 3.63) is 357 Å². The van der Waals surface area contributed by atoms with Crippen molar-refractivity contribution in [3.63, 3.8) is 0 Å². The first-order valence-corrected chi connectivity index (χ1v) is 35.1. The number of hydrogen-bond donors (Lipinski definition) is 0. The van der Waals surface area contributed by atoms with Crippen LogP contribution in [-0.4, -0.2) is 48.2 Å². The number of rotatable bonds is 12. The Morgan fingerprint density at radius 2 is 0.549 bits per heavy atom. The third-order valence-electron chi connectivity index (χ3n) is 18.9. The molecule has 0 radical (unpaired) electrons. The second-order valence-corrected chi connectivity index (χ2v) is 27.0. The Morgan fingerprint density at radius 1 is 0.265 bits per heavy atom. The fourth-order valence-corrected chi connectivity index (χ4v) is 13.1. The molecule has 16 aromatic rings. The van der Waals surface area contributed by atoms with Crippen molar-refractivity contribution in [2.75, 3.05) is 0 Å². The molecule has 0 unspecified atom stereocenters. The van der Waals surface area contributed by atoms with Gasteiger partial charge in [0.1, 0.15) is 0 Å². The first-order chi connectivity index (χ1) is 50.0. The topological polar surface area (TPSA) is 95.8 Å². The molecule has 5 heterocycles. The second kappa shape index (κ2) is 29.5. The standard InChI is InChI=1S/C43H29N3.C34H31BN2O2.C15H10BrN/c1-4-12-33(13-5-1)39-41(35-14-6-2-7-15-35)45-43(37-16-8-3-9-17-37)46-42(39)36-27-23-31(24-28-36)30-21-25-32(26-22-30)38-20-10-18-34-19-11-29-44-40(34)38;1-33(2)34(3,4)39-35(38-33)28-22-20-26(21-23-28)31-29(24-14-8-5-9-15-24)30(25-16-10-6-11-17-25)36-32(37-31)27-18-12-7-13-19-27;16-13-8-6-11(7-9-13)14-5-1-3-12-4-2-10-17-15(12)14/h1-29H;5-23H,1-4H3;1-10H. The maximum atomic E-state index is 6.29. The summed E-state index contributed by atoms with van der Waals surface area (Å²) in [6, 6.07) is 117. The summed E-state index contributed by atoms with van der Waals surface area (Å²) in [5.74, 6) is 1.40. The lowest BCUT2D eigenvalue weighted by Crippen LogP contribution is -2.41. The first-order valence-electron chi connectivity index (χ1n) is 34.3. The zero-order chi connectivity index (χ0) is 69.4. The SMILES string of the molecule is Brc1ccc(-c2cccc3cccnc23)cc1.CC1(C)OB(c2ccc(-c3nc(-c4ccccc4)nc(-c4ccccc4)c3-c3ccccc3)cc2)OC1(C)C.c1ccc(-c2nc(-c3ccccc3)c(-c3ccccc3)c(-c3ccc(-c4ccc(-c5cccc6cccnc56)cc4)cc3)n2)cc1. The lowest BCUT2D eigenvalue weighted by molar-refractivity contribution is 0.00578. The third-order valence-corrected chi connectivity index (χ3v) is 19.4. The normalized spacial score (nSPS) is 12.8. The molecule has 10 heteroatoms. The summed E-state index contributed by atoms with van der Waals surface area (Å²) in [4.78, 5) is 29.8. The largest absolute Gasteiger partial charge is 0.494 e. The lowest BCUT2D eigenvalue weighted by atomic mass is 9.78. The molecule has 0 atom stereocenters. The maximum Gasteiger partial charge on any atom is 0.494 e. The van der Waals surface area contributed by atoms with Gasteiger partial charge in [-0.25, -0.2) is 19.9 Å². The Labute approximate surface area is 604 Å². The third kappa shape index (κ3) is 14.2. The molecule has 0 saturated carbocycles. The van der Waals surface area contributed by atoms with Crippen molar-refractivity contribution in [1.82, 2.24) is 29.9 Å². The number of fused-ring (bicyclic) bond motifs is 2. The molecule has 0 aliphatic carbocycles. The number of nitrogens with zero attached hydrogens (tertiary/aromatic N) is 6. The van der Waals surface area contributed by atoms with E-state index in [1.807, 2.05) is 97.3 Å². The van der Waals surface area contributed by atoms with Gasteiger partial charge >= 0.3 is 7.12 Å². The smallest absolute Gasteiger partial charge is 0.399 e. The van der Waals surface area contributed by atoms with Crippen LogP contribution in [0.4, 0.5) is 0 Å². The van der Waals surface area contributed by atoms with Crippen molar-refractivity contribution < 1.29 is 9.31 Å². The van der Waals surface area contributed by atoms with Crippen molar-refractivity contribution in [2.24, 2.45) is 0 Å². The van der Waals surface area contributed by atoms with Crippen LogP contribution in [0.15, 0.2) is 357 Å². The van der Waals surface area contributed by atoms with Gasteiger partial charge in [-0.3, -0.25) is 9.97 Å². The van der Waals surface area contributed by atoms with E-state index in [1.165, 1.54) is 16.5 Å². The summed E-state index contributed by atoms with van der Waals surface area (Å²) in [6.07, 6.45) is 3.69. The van der Waals surface area contributed by atoms with Gasteiger partial charge in [0.15, 0.2) is 11.6 Å². The summed E-state index contributed by atoms with van der Waals surface area (Å²) in [5.41, 5.74) is 23.1. The minimum atomic E-state index is -0.414. The summed E-state index contributed by atoms with van der Waals surface area (Å²) in [6.45, 7) is 8.30. The van der Waals surface area contributed by atoms with Crippen LogP contribution in [0.1, 0.15) is 27.7 Å². The van der Waals surface area contributed by atoms with Crippen molar-refractivity contribution >= 4 is 50.3 Å². The number of benzene rings is 12. The van der Waals surface area contributed by atoms with Gasteiger partial charge in [-0.1, -0.05) is 331 Å². The van der Waals surface area contributed by atoms with E-state index in [0.29, 0.717) is 11.6 Å². The van der Waals surface area contributed by atoms with Crippen LogP contribution in [0.25, 0.3) is 145 Å². The Bertz CT molecular complexity index is 5520. The molecule has 0 bridgehead atoms. The highest BCUT2D eigenvalue weighted by molar-refractivity contribution is 9.10. The molecule has 0 spiro atoms. The second-order valence-electron chi connectivity index (χ2n) is 26.1.